The van der Waals surface area contributed by atoms with Crippen LogP contribution in [0.25, 0.3) is 10.7 Å². The highest BCUT2D eigenvalue weighted by molar-refractivity contribution is 7.15. The van der Waals surface area contributed by atoms with Crippen LogP contribution in [0.5, 0.6) is 0 Å². The SMILES string of the molecule is COC1(c2cnnc(N(Cc3ccc(-c4noc(C(F)(F)F)n4)s3)c3cnccn3)c2)COC1. The van der Waals surface area contributed by atoms with E-state index >= 15 is 0 Å². The Balaban J connectivity index is 1.46. The van der Waals surface area contributed by atoms with E-state index in [1.165, 1.54) is 11.3 Å². The zero-order valence-corrected chi connectivity index (χ0v) is 18.4. The van der Waals surface area contributed by atoms with E-state index in [0.29, 0.717) is 36.3 Å². The molecule has 0 amide bonds. The Bertz CT molecular complexity index is 1270. The van der Waals surface area contributed by atoms with Gasteiger partial charge in [-0.1, -0.05) is 5.16 Å². The van der Waals surface area contributed by atoms with Crippen LogP contribution in [-0.4, -0.2) is 50.6 Å². The van der Waals surface area contributed by atoms with Crippen molar-refractivity contribution in [3.63, 3.8) is 0 Å². The van der Waals surface area contributed by atoms with Gasteiger partial charge in [0.1, 0.15) is 5.60 Å². The van der Waals surface area contributed by atoms with Crippen molar-refractivity contribution >= 4 is 23.0 Å². The zero-order chi connectivity index (χ0) is 23.8. The Labute approximate surface area is 194 Å². The first-order chi connectivity index (χ1) is 16.4. The molecular weight excluding hydrogens is 475 g/mol. The van der Waals surface area contributed by atoms with Gasteiger partial charge in [0.15, 0.2) is 11.6 Å². The van der Waals surface area contributed by atoms with Gasteiger partial charge in [-0.3, -0.25) is 4.98 Å². The van der Waals surface area contributed by atoms with E-state index in [4.69, 9.17) is 9.47 Å². The van der Waals surface area contributed by atoms with Gasteiger partial charge >= 0.3 is 12.1 Å². The number of hydrogen-bond acceptors (Lipinski definition) is 11. The summed E-state index contributed by atoms with van der Waals surface area (Å²) in [5, 5.41) is 11.8. The first-order valence-corrected chi connectivity index (χ1v) is 10.7. The highest BCUT2D eigenvalue weighted by Crippen LogP contribution is 2.36. The third kappa shape index (κ3) is 4.22. The van der Waals surface area contributed by atoms with E-state index in [1.54, 1.807) is 48.9 Å². The molecule has 0 saturated carbocycles. The molecule has 176 valence electrons. The van der Waals surface area contributed by atoms with E-state index in [0.717, 1.165) is 10.4 Å². The van der Waals surface area contributed by atoms with Crippen LogP contribution < -0.4 is 4.90 Å². The van der Waals surface area contributed by atoms with Crippen LogP contribution in [0.4, 0.5) is 24.8 Å². The number of methoxy groups -OCH3 is 1. The second-order valence-electron chi connectivity index (χ2n) is 7.33. The van der Waals surface area contributed by atoms with Gasteiger partial charge in [0.25, 0.3) is 0 Å². The number of aromatic nitrogens is 6. The van der Waals surface area contributed by atoms with Crippen molar-refractivity contribution in [2.75, 3.05) is 25.2 Å². The van der Waals surface area contributed by atoms with Gasteiger partial charge < -0.3 is 18.9 Å². The number of rotatable bonds is 7. The first-order valence-electron chi connectivity index (χ1n) is 9.88. The van der Waals surface area contributed by atoms with Crippen LogP contribution in [0.2, 0.25) is 0 Å². The molecule has 4 aromatic heterocycles. The summed E-state index contributed by atoms with van der Waals surface area (Å²) < 4.78 is 53.7. The summed E-state index contributed by atoms with van der Waals surface area (Å²) in [6.45, 7) is 1.10. The van der Waals surface area contributed by atoms with E-state index in [-0.39, 0.29) is 5.82 Å². The van der Waals surface area contributed by atoms with E-state index in [1.807, 2.05) is 6.07 Å². The van der Waals surface area contributed by atoms with Crippen molar-refractivity contribution < 1.29 is 27.2 Å². The van der Waals surface area contributed by atoms with Crippen molar-refractivity contribution in [2.24, 2.45) is 0 Å². The molecule has 1 fully saturated rings. The minimum absolute atomic E-state index is 0.136. The second kappa shape index (κ2) is 8.70. The van der Waals surface area contributed by atoms with E-state index in [2.05, 4.69) is 34.8 Å². The Kier molecular flexibility index (Phi) is 5.71. The molecule has 1 saturated heterocycles. The van der Waals surface area contributed by atoms with Crippen molar-refractivity contribution in [3.8, 4) is 10.7 Å². The number of halogens is 3. The third-order valence-electron chi connectivity index (χ3n) is 5.20. The molecule has 14 heteroatoms. The van der Waals surface area contributed by atoms with Crippen LogP contribution in [0.15, 0.2) is 47.5 Å². The Morgan fingerprint density at radius 1 is 1.18 bits per heavy atom. The number of nitrogens with zero attached hydrogens (tertiary/aromatic N) is 7. The van der Waals surface area contributed by atoms with Gasteiger partial charge in [-0.2, -0.15) is 23.3 Å². The van der Waals surface area contributed by atoms with Crippen LogP contribution in [0, 0.1) is 0 Å². The standard InChI is InChI=1S/C20H16F3N7O3S/c1-31-19(10-32-11-19)12-6-15(28-26-7-12)30(16-8-24-4-5-25-16)9-13-2-3-14(34-13)17-27-18(33-29-17)20(21,22)23/h2-8H,9-11H2,1H3. The zero-order valence-electron chi connectivity index (χ0n) is 17.6. The van der Waals surface area contributed by atoms with Gasteiger partial charge in [0.2, 0.25) is 5.82 Å². The van der Waals surface area contributed by atoms with Gasteiger partial charge in [0.05, 0.1) is 37.0 Å². The molecule has 0 radical (unpaired) electrons. The molecule has 10 nitrogen and oxygen atoms in total. The van der Waals surface area contributed by atoms with Crippen molar-refractivity contribution in [3.05, 3.63) is 59.3 Å². The van der Waals surface area contributed by atoms with E-state index in [9.17, 15) is 13.2 Å². The number of anilines is 2. The maximum atomic E-state index is 12.8. The average Bonchev–Trinajstić information content (AvgIpc) is 3.48. The van der Waals surface area contributed by atoms with Crippen LogP contribution in [-0.2, 0) is 27.8 Å². The lowest BCUT2D eigenvalue weighted by Gasteiger charge is -2.40. The Hall–Kier alpha value is -3.49. The fraction of sp³-hybridized carbons (Fsp3) is 0.300. The van der Waals surface area contributed by atoms with E-state index < -0.39 is 17.7 Å². The van der Waals surface area contributed by atoms with Crippen molar-refractivity contribution in [1.29, 1.82) is 0 Å². The first kappa shape index (κ1) is 22.3. The number of hydrogen-bond donors (Lipinski definition) is 0. The molecule has 0 atom stereocenters. The van der Waals surface area contributed by atoms with Crippen molar-refractivity contribution in [2.45, 2.75) is 18.3 Å². The summed E-state index contributed by atoms with van der Waals surface area (Å²) in [5.41, 5.74) is 0.211. The van der Waals surface area contributed by atoms with Crippen molar-refractivity contribution in [1.82, 2.24) is 30.3 Å². The van der Waals surface area contributed by atoms with Gasteiger partial charge in [0, 0.05) is 29.9 Å². The fourth-order valence-electron chi connectivity index (χ4n) is 3.31. The molecule has 34 heavy (non-hydrogen) atoms. The quantitative estimate of drug-likeness (QED) is 0.380. The Morgan fingerprint density at radius 2 is 2.03 bits per heavy atom. The lowest BCUT2D eigenvalue weighted by molar-refractivity contribution is -0.202. The van der Waals surface area contributed by atoms with Gasteiger partial charge in [-0.15, -0.1) is 16.4 Å². The normalized spacial score (nSPS) is 15.2. The average molecular weight is 491 g/mol. The summed E-state index contributed by atoms with van der Waals surface area (Å²) in [5.74, 6) is -0.518. The summed E-state index contributed by atoms with van der Waals surface area (Å²) in [7, 11) is 1.61. The highest BCUT2D eigenvalue weighted by Gasteiger charge is 2.41. The summed E-state index contributed by atoms with van der Waals surface area (Å²) in [6, 6.07) is 5.24. The number of thiophene rings is 1. The largest absolute Gasteiger partial charge is 0.471 e. The predicted molar refractivity (Wildman–Crippen MR) is 112 cm³/mol. The molecule has 5 rings (SSSR count). The maximum Gasteiger partial charge on any atom is 0.471 e. The minimum atomic E-state index is -4.71. The van der Waals surface area contributed by atoms with Gasteiger partial charge in [-0.05, 0) is 18.2 Å². The lowest BCUT2D eigenvalue weighted by atomic mass is 9.93. The van der Waals surface area contributed by atoms with Crippen LogP contribution in [0.3, 0.4) is 0 Å². The molecule has 0 bridgehead atoms. The predicted octanol–water partition coefficient (Wildman–Crippen LogP) is 3.61. The monoisotopic (exact) mass is 491 g/mol. The molecule has 0 spiro atoms. The van der Waals surface area contributed by atoms with Gasteiger partial charge in [-0.25, -0.2) is 4.98 Å². The molecule has 1 aliphatic rings. The Morgan fingerprint density at radius 3 is 2.68 bits per heavy atom. The summed E-state index contributed by atoms with van der Waals surface area (Å²) in [4.78, 5) is 15.0. The molecule has 4 aromatic rings. The lowest BCUT2D eigenvalue weighted by Crippen LogP contribution is -2.48. The third-order valence-corrected chi connectivity index (χ3v) is 6.26. The molecule has 1 aliphatic heterocycles. The highest BCUT2D eigenvalue weighted by atomic mass is 32.1. The number of ether oxygens (including phenoxy) is 2. The number of alkyl halides is 3. The smallest absolute Gasteiger partial charge is 0.375 e. The molecular formula is C20H16F3N7O3S. The topological polar surface area (TPSA) is 112 Å². The fourth-order valence-corrected chi connectivity index (χ4v) is 4.24. The summed E-state index contributed by atoms with van der Waals surface area (Å²) >= 11 is 1.22. The van der Waals surface area contributed by atoms with Crippen LogP contribution >= 0.6 is 11.3 Å². The maximum absolute atomic E-state index is 12.8. The summed E-state index contributed by atoms with van der Waals surface area (Å²) in [6.07, 6.45) is 1.60. The molecule has 0 unspecified atom stereocenters. The minimum Gasteiger partial charge on any atom is -0.375 e. The molecule has 0 aromatic carbocycles. The molecule has 5 heterocycles. The second-order valence-corrected chi connectivity index (χ2v) is 8.50. The molecule has 0 aliphatic carbocycles. The molecule has 0 N–H and O–H groups in total. The van der Waals surface area contributed by atoms with Crippen LogP contribution in [0.1, 0.15) is 16.3 Å².